The molecule has 1 unspecified atom stereocenters. The summed E-state index contributed by atoms with van der Waals surface area (Å²) >= 11 is 0. The maximum atomic E-state index is 13.3. The van der Waals surface area contributed by atoms with Crippen molar-refractivity contribution in [3.63, 3.8) is 0 Å². The summed E-state index contributed by atoms with van der Waals surface area (Å²) in [6, 6.07) is 0. The molecule has 0 aromatic heterocycles. The largest absolute Gasteiger partial charge is 0.453 e. The molecule has 2 aliphatic rings. The summed E-state index contributed by atoms with van der Waals surface area (Å²) in [4.78, 5) is 0. The maximum Gasteiger partial charge on any atom is 0.453 e. The van der Waals surface area contributed by atoms with Crippen LogP contribution in [0.1, 0.15) is 77.6 Å². The normalized spacial score (nSPS) is 33.3. The molecule has 2 rings (SSSR count). The zero-order chi connectivity index (χ0) is 34.5. The molecule has 2 aliphatic heterocycles. The number of hydrogen-bond acceptors (Lipinski definition) is 12. The number of alkyl halides is 5. The number of hydrogen-bond donors (Lipinski definition) is 7. The van der Waals surface area contributed by atoms with Crippen molar-refractivity contribution in [3.05, 3.63) is 0 Å². The van der Waals surface area contributed by atoms with Gasteiger partial charge in [-0.2, -0.15) is 22.0 Å². The second-order valence-electron chi connectivity index (χ2n) is 11.9. The van der Waals surface area contributed by atoms with Crippen LogP contribution in [-0.4, -0.2) is 142 Å². The van der Waals surface area contributed by atoms with Gasteiger partial charge >= 0.3 is 12.1 Å². The van der Waals surface area contributed by atoms with Crippen LogP contribution in [0, 0.1) is 0 Å². The molecule has 12 nitrogen and oxygen atoms in total. The quantitative estimate of drug-likeness (QED) is 0.0683. The van der Waals surface area contributed by atoms with Gasteiger partial charge in [0.25, 0.3) is 0 Å². The van der Waals surface area contributed by atoms with Crippen LogP contribution in [0.15, 0.2) is 0 Å². The summed E-state index contributed by atoms with van der Waals surface area (Å²) in [6.07, 6.45) is -16.6. The zero-order valence-corrected chi connectivity index (χ0v) is 26.0. The molecule has 0 amide bonds. The van der Waals surface area contributed by atoms with E-state index in [4.69, 9.17) is 23.7 Å². The molecule has 11 atom stereocenters. The van der Waals surface area contributed by atoms with E-state index in [-0.39, 0.29) is 6.61 Å². The first-order chi connectivity index (χ1) is 21.7. The van der Waals surface area contributed by atoms with E-state index in [0.717, 1.165) is 44.9 Å². The SMILES string of the molecule is CCCCCCCCCCC(CO[C@@H]1O[C@H](CO)[C@@H](O[C@H]2O[C@H](CO)[C@@H](O)[C@H](O)[C@H]2O)[C@H](O)[C@H]1O)OCCCC(F)(F)C(F)(F)F. The minimum absolute atomic E-state index is 0.295. The van der Waals surface area contributed by atoms with Crippen LogP contribution in [0.5, 0.6) is 0 Å². The van der Waals surface area contributed by atoms with Crippen LogP contribution in [0.2, 0.25) is 0 Å². The van der Waals surface area contributed by atoms with E-state index >= 15 is 0 Å². The molecule has 2 fully saturated rings. The van der Waals surface area contributed by atoms with Gasteiger partial charge in [0, 0.05) is 13.0 Å². The lowest BCUT2D eigenvalue weighted by Gasteiger charge is -2.46. The van der Waals surface area contributed by atoms with Gasteiger partial charge in [-0.25, -0.2) is 0 Å². The van der Waals surface area contributed by atoms with Crippen molar-refractivity contribution in [1.29, 1.82) is 0 Å². The third-order valence-electron chi connectivity index (χ3n) is 8.19. The summed E-state index contributed by atoms with van der Waals surface area (Å²) in [5.74, 6) is -4.86. The van der Waals surface area contributed by atoms with Gasteiger partial charge in [0.05, 0.1) is 25.9 Å². The van der Waals surface area contributed by atoms with E-state index < -0.39 is 112 Å². The van der Waals surface area contributed by atoms with Crippen LogP contribution in [0.4, 0.5) is 22.0 Å². The van der Waals surface area contributed by atoms with Crippen molar-refractivity contribution in [3.8, 4) is 0 Å². The van der Waals surface area contributed by atoms with E-state index in [1.807, 2.05) is 0 Å². The Balaban J connectivity index is 1.97. The molecule has 7 N–H and O–H groups in total. The van der Waals surface area contributed by atoms with Gasteiger partial charge < -0.3 is 59.4 Å². The molecule has 0 radical (unpaired) electrons. The maximum absolute atomic E-state index is 13.3. The van der Waals surface area contributed by atoms with Crippen molar-refractivity contribution in [2.24, 2.45) is 0 Å². The van der Waals surface area contributed by atoms with Crippen LogP contribution in [0.3, 0.4) is 0 Å². The van der Waals surface area contributed by atoms with Gasteiger partial charge in [-0.05, 0) is 12.8 Å². The van der Waals surface area contributed by atoms with Crippen LogP contribution >= 0.6 is 0 Å². The third-order valence-corrected chi connectivity index (χ3v) is 8.19. The summed E-state index contributed by atoms with van der Waals surface area (Å²) in [6.45, 7) is -0.121. The molecular weight excluding hydrogens is 635 g/mol. The van der Waals surface area contributed by atoms with Crippen molar-refractivity contribution in [1.82, 2.24) is 0 Å². The summed E-state index contributed by atoms with van der Waals surface area (Å²) in [7, 11) is 0. The molecule has 2 saturated heterocycles. The Hall–Kier alpha value is -0.830. The first kappa shape index (κ1) is 41.3. The van der Waals surface area contributed by atoms with Gasteiger partial charge in [-0.3, -0.25) is 0 Å². The molecule has 0 spiro atoms. The minimum Gasteiger partial charge on any atom is -0.394 e. The van der Waals surface area contributed by atoms with Crippen LogP contribution < -0.4 is 0 Å². The molecule has 17 heteroatoms. The standard InChI is InChI=1S/C29H51F5O12/c1-2-3-4-5-6-7-8-9-11-17(42-13-10-12-28(30,31)29(32,33)34)16-43-26-24(41)22(39)25(19(15-36)45-26)46-27-23(40)21(38)20(37)18(14-35)44-27/h17-27,35-41H,2-16H2,1H3/t17?,18-,19-,20-,21+,22-,23-,24-,25-,26-,27-/m1/s1. The monoisotopic (exact) mass is 686 g/mol. The number of aliphatic hydroxyl groups is 7. The number of aliphatic hydroxyl groups excluding tert-OH is 7. The van der Waals surface area contributed by atoms with Crippen molar-refractivity contribution < 1.29 is 81.4 Å². The third kappa shape index (κ3) is 12.2. The summed E-state index contributed by atoms with van der Waals surface area (Å²) in [5.41, 5.74) is 0. The van der Waals surface area contributed by atoms with E-state index in [1.165, 1.54) is 0 Å². The molecule has 0 aromatic carbocycles. The van der Waals surface area contributed by atoms with E-state index in [0.29, 0.717) is 12.8 Å². The highest BCUT2D eigenvalue weighted by Gasteiger charge is 2.56. The second kappa shape index (κ2) is 20.0. The molecule has 46 heavy (non-hydrogen) atoms. The highest BCUT2D eigenvalue weighted by atomic mass is 19.4. The predicted molar refractivity (Wildman–Crippen MR) is 150 cm³/mol. The van der Waals surface area contributed by atoms with Crippen LogP contribution in [0.25, 0.3) is 0 Å². The Labute approximate surface area is 265 Å². The Bertz CT molecular complexity index is 824. The van der Waals surface area contributed by atoms with Crippen molar-refractivity contribution >= 4 is 0 Å². The Morgan fingerprint density at radius 1 is 0.674 bits per heavy atom. The Morgan fingerprint density at radius 3 is 1.83 bits per heavy atom. The lowest BCUT2D eigenvalue weighted by atomic mass is 9.97. The fraction of sp³-hybridized carbons (Fsp3) is 1.00. The van der Waals surface area contributed by atoms with Gasteiger partial charge in [-0.15, -0.1) is 0 Å². The smallest absolute Gasteiger partial charge is 0.394 e. The number of unbranched alkanes of at least 4 members (excludes halogenated alkanes) is 7. The molecule has 0 bridgehead atoms. The van der Waals surface area contributed by atoms with Gasteiger partial charge in [-0.1, -0.05) is 58.3 Å². The molecule has 0 aromatic rings. The molecule has 274 valence electrons. The summed E-state index contributed by atoms with van der Waals surface area (Å²) in [5, 5.41) is 71.0. The van der Waals surface area contributed by atoms with Crippen LogP contribution in [-0.2, 0) is 23.7 Å². The van der Waals surface area contributed by atoms with E-state index in [9.17, 15) is 57.7 Å². The van der Waals surface area contributed by atoms with Crippen molar-refractivity contribution in [2.75, 3.05) is 26.4 Å². The summed E-state index contributed by atoms with van der Waals surface area (Å²) < 4.78 is 91.7. The first-order valence-corrected chi connectivity index (χ1v) is 15.9. The average molecular weight is 687 g/mol. The fourth-order valence-corrected chi connectivity index (χ4v) is 5.30. The van der Waals surface area contributed by atoms with Gasteiger partial charge in [0.2, 0.25) is 0 Å². The molecule has 0 saturated carbocycles. The second-order valence-corrected chi connectivity index (χ2v) is 11.9. The van der Waals surface area contributed by atoms with Crippen molar-refractivity contribution in [2.45, 2.75) is 157 Å². The highest BCUT2D eigenvalue weighted by molar-refractivity contribution is 4.94. The van der Waals surface area contributed by atoms with E-state index in [2.05, 4.69) is 6.92 Å². The van der Waals surface area contributed by atoms with Gasteiger partial charge in [0.15, 0.2) is 12.6 Å². The lowest BCUT2D eigenvalue weighted by Crippen LogP contribution is -2.64. The number of halogens is 5. The molecular formula is C29H51F5O12. The lowest BCUT2D eigenvalue weighted by molar-refractivity contribution is -0.360. The minimum atomic E-state index is -5.67. The van der Waals surface area contributed by atoms with E-state index in [1.54, 1.807) is 0 Å². The Morgan fingerprint density at radius 2 is 1.24 bits per heavy atom. The number of ether oxygens (including phenoxy) is 5. The predicted octanol–water partition coefficient (Wildman–Crippen LogP) is 1.52. The highest BCUT2D eigenvalue weighted by Crippen LogP contribution is 2.39. The first-order valence-electron chi connectivity index (χ1n) is 15.9. The van der Waals surface area contributed by atoms with Gasteiger partial charge in [0.1, 0.15) is 48.8 Å². The fourth-order valence-electron chi connectivity index (χ4n) is 5.30. The zero-order valence-electron chi connectivity index (χ0n) is 26.0. The topological polar surface area (TPSA) is 188 Å². The number of rotatable bonds is 21. The Kier molecular flexibility index (Phi) is 18.0. The molecule has 2 heterocycles. The molecule has 0 aliphatic carbocycles. The average Bonchev–Trinajstić information content (AvgIpc) is 3.01.